The Kier molecular flexibility index (Phi) is 5.74. The molecule has 0 radical (unpaired) electrons. The second-order valence-corrected chi connectivity index (χ2v) is 4.94. The first-order valence-electron chi connectivity index (χ1n) is 7.35. The molecule has 0 aromatic heterocycles. The molecule has 0 heterocycles. The van der Waals surface area contributed by atoms with Crippen molar-refractivity contribution in [3.05, 3.63) is 60.2 Å². The van der Waals surface area contributed by atoms with Crippen LogP contribution in [-0.4, -0.2) is 23.1 Å². The maximum Gasteiger partial charge on any atom is 0.342 e. The van der Waals surface area contributed by atoms with Crippen molar-refractivity contribution >= 4 is 11.9 Å². The average molecular weight is 314 g/mol. The smallest absolute Gasteiger partial charge is 0.342 e. The second-order valence-electron chi connectivity index (χ2n) is 4.94. The Morgan fingerprint density at radius 1 is 1.04 bits per heavy atom. The summed E-state index contributed by atoms with van der Waals surface area (Å²) in [6.45, 7) is 1.77. The molecule has 0 bridgehead atoms. The van der Waals surface area contributed by atoms with Gasteiger partial charge >= 0.3 is 11.9 Å². The quantitative estimate of drug-likeness (QED) is 0.785. The molecule has 23 heavy (non-hydrogen) atoms. The first-order valence-corrected chi connectivity index (χ1v) is 7.35. The lowest BCUT2D eigenvalue weighted by Gasteiger charge is -2.16. The van der Waals surface area contributed by atoms with Crippen molar-refractivity contribution in [2.45, 2.75) is 25.9 Å². The van der Waals surface area contributed by atoms with Gasteiger partial charge in [0.05, 0.1) is 6.42 Å². The highest BCUT2D eigenvalue weighted by Crippen LogP contribution is 2.26. The predicted molar refractivity (Wildman–Crippen MR) is 84.7 cm³/mol. The summed E-state index contributed by atoms with van der Waals surface area (Å²) in [6.07, 6.45) is -0.450. The molecule has 0 aliphatic rings. The van der Waals surface area contributed by atoms with Crippen LogP contribution in [0.2, 0.25) is 0 Å². The molecular formula is C18H18O5. The predicted octanol–water partition coefficient (Wildman–Crippen LogP) is 3.89. The van der Waals surface area contributed by atoms with Gasteiger partial charge in [-0.05, 0) is 30.7 Å². The molecule has 1 N–H and O–H groups in total. The maximum absolute atomic E-state index is 12.3. The molecule has 2 rings (SSSR count). The van der Waals surface area contributed by atoms with Crippen LogP contribution in [0, 0.1) is 0 Å². The van der Waals surface area contributed by atoms with E-state index in [1.807, 2.05) is 18.2 Å². The molecule has 0 saturated carbocycles. The van der Waals surface area contributed by atoms with Gasteiger partial charge in [-0.2, -0.15) is 0 Å². The van der Waals surface area contributed by atoms with E-state index in [0.29, 0.717) is 17.9 Å². The minimum atomic E-state index is -1.00. The molecule has 0 spiro atoms. The number of hydrogen-bond donors (Lipinski definition) is 1. The van der Waals surface area contributed by atoms with Gasteiger partial charge in [-0.25, -0.2) is 4.79 Å². The highest BCUT2D eigenvalue weighted by Gasteiger charge is 2.20. The zero-order valence-corrected chi connectivity index (χ0v) is 12.8. The molecular weight excluding hydrogens is 296 g/mol. The Bertz CT molecular complexity index is 666. The molecule has 0 saturated heterocycles. The van der Waals surface area contributed by atoms with E-state index in [1.54, 1.807) is 43.3 Å². The molecule has 0 amide bonds. The van der Waals surface area contributed by atoms with Crippen LogP contribution in [0.5, 0.6) is 11.5 Å². The van der Waals surface area contributed by atoms with E-state index in [2.05, 4.69) is 0 Å². The molecule has 5 heteroatoms. The zero-order chi connectivity index (χ0) is 16.7. The van der Waals surface area contributed by atoms with Crippen LogP contribution in [0.4, 0.5) is 0 Å². The summed E-state index contributed by atoms with van der Waals surface area (Å²) < 4.78 is 11.0. The number of carboxylic acid groups (broad SMARTS) is 1. The van der Waals surface area contributed by atoms with Gasteiger partial charge in [0.2, 0.25) is 0 Å². The number of benzene rings is 2. The number of para-hydroxylation sites is 2. The number of aliphatic carboxylic acids is 1. The van der Waals surface area contributed by atoms with Crippen LogP contribution in [0.1, 0.15) is 30.1 Å². The average Bonchev–Trinajstić information content (AvgIpc) is 2.55. The summed E-state index contributed by atoms with van der Waals surface area (Å²) in [5.41, 5.74) is 0.264. The molecule has 120 valence electrons. The van der Waals surface area contributed by atoms with Crippen molar-refractivity contribution in [3.8, 4) is 11.5 Å². The molecule has 5 nitrogen and oxygen atoms in total. The van der Waals surface area contributed by atoms with E-state index in [-0.39, 0.29) is 12.0 Å². The van der Waals surface area contributed by atoms with Gasteiger partial charge in [-0.1, -0.05) is 37.3 Å². The van der Waals surface area contributed by atoms with E-state index in [9.17, 15) is 9.59 Å². The van der Waals surface area contributed by atoms with Gasteiger partial charge < -0.3 is 14.6 Å². The van der Waals surface area contributed by atoms with Crippen molar-refractivity contribution in [1.29, 1.82) is 0 Å². The minimum absolute atomic E-state index is 0.218. The normalized spacial score (nSPS) is 11.5. The SMILES string of the molecule is CCC(CC(=O)O)OC(=O)c1ccccc1Oc1ccccc1. The molecule has 1 atom stereocenters. The molecule has 0 aliphatic carbocycles. The molecule has 0 aliphatic heterocycles. The van der Waals surface area contributed by atoms with Crippen molar-refractivity contribution in [2.75, 3.05) is 0 Å². The highest BCUT2D eigenvalue weighted by atomic mass is 16.5. The third kappa shape index (κ3) is 4.85. The fourth-order valence-corrected chi connectivity index (χ4v) is 2.02. The van der Waals surface area contributed by atoms with Gasteiger partial charge in [-0.15, -0.1) is 0 Å². The van der Waals surface area contributed by atoms with Crippen LogP contribution in [0.3, 0.4) is 0 Å². The van der Waals surface area contributed by atoms with Crippen LogP contribution < -0.4 is 4.74 Å². The number of carboxylic acids is 1. The van der Waals surface area contributed by atoms with Crippen LogP contribution in [0.25, 0.3) is 0 Å². The number of esters is 1. The van der Waals surface area contributed by atoms with Crippen molar-refractivity contribution in [1.82, 2.24) is 0 Å². The first-order chi connectivity index (χ1) is 11.1. The Hall–Kier alpha value is -2.82. The highest BCUT2D eigenvalue weighted by molar-refractivity contribution is 5.92. The van der Waals surface area contributed by atoms with E-state index < -0.39 is 18.0 Å². The number of rotatable bonds is 7. The molecule has 2 aromatic carbocycles. The lowest BCUT2D eigenvalue weighted by Crippen LogP contribution is -2.21. The standard InChI is InChI=1S/C18H18O5/c1-2-13(12-17(19)20)23-18(21)15-10-6-7-11-16(15)22-14-8-4-3-5-9-14/h3-11,13H,2,12H2,1H3,(H,19,20). The van der Waals surface area contributed by atoms with Crippen molar-refractivity contribution < 1.29 is 24.2 Å². The van der Waals surface area contributed by atoms with Gasteiger partial charge in [-0.3, -0.25) is 4.79 Å². The van der Waals surface area contributed by atoms with E-state index in [0.717, 1.165) is 0 Å². The van der Waals surface area contributed by atoms with Gasteiger partial charge in [0.25, 0.3) is 0 Å². The Labute approximate surface area is 134 Å². The summed E-state index contributed by atoms with van der Waals surface area (Å²) >= 11 is 0. The monoisotopic (exact) mass is 314 g/mol. The third-order valence-corrected chi connectivity index (χ3v) is 3.21. The molecule has 0 fully saturated rings. The summed E-state index contributed by atoms with van der Waals surface area (Å²) in [6, 6.07) is 15.8. The number of hydrogen-bond acceptors (Lipinski definition) is 4. The topological polar surface area (TPSA) is 72.8 Å². The first kappa shape index (κ1) is 16.5. The van der Waals surface area contributed by atoms with Crippen LogP contribution in [0.15, 0.2) is 54.6 Å². The van der Waals surface area contributed by atoms with Gasteiger partial charge in [0, 0.05) is 0 Å². The van der Waals surface area contributed by atoms with E-state index >= 15 is 0 Å². The van der Waals surface area contributed by atoms with Gasteiger partial charge in [0.1, 0.15) is 23.2 Å². The van der Waals surface area contributed by atoms with E-state index in [4.69, 9.17) is 14.6 Å². The second kappa shape index (κ2) is 7.98. The Morgan fingerprint density at radius 3 is 2.35 bits per heavy atom. The van der Waals surface area contributed by atoms with Crippen LogP contribution >= 0.6 is 0 Å². The zero-order valence-electron chi connectivity index (χ0n) is 12.8. The largest absolute Gasteiger partial charge is 0.481 e. The van der Waals surface area contributed by atoms with Crippen molar-refractivity contribution in [2.24, 2.45) is 0 Å². The molecule has 2 aromatic rings. The summed E-state index contributed by atoms with van der Waals surface area (Å²) in [4.78, 5) is 23.1. The minimum Gasteiger partial charge on any atom is -0.481 e. The number of ether oxygens (including phenoxy) is 2. The maximum atomic E-state index is 12.3. The van der Waals surface area contributed by atoms with Crippen LogP contribution in [-0.2, 0) is 9.53 Å². The number of carbonyl (C=O) groups is 2. The summed E-state index contributed by atoms with van der Waals surface area (Å²) in [5, 5.41) is 8.83. The van der Waals surface area contributed by atoms with E-state index in [1.165, 1.54) is 0 Å². The summed E-state index contributed by atoms with van der Waals surface area (Å²) in [5.74, 6) is -0.623. The van der Waals surface area contributed by atoms with Crippen molar-refractivity contribution in [3.63, 3.8) is 0 Å². The fourth-order valence-electron chi connectivity index (χ4n) is 2.02. The lowest BCUT2D eigenvalue weighted by atomic mass is 10.1. The number of carbonyl (C=O) groups excluding carboxylic acids is 1. The Morgan fingerprint density at radius 2 is 1.70 bits per heavy atom. The fraction of sp³-hybridized carbons (Fsp3) is 0.222. The van der Waals surface area contributed by atoms with Gasteiger partial charge in [0.15, 0.2) is 0 Å². The summed E-state index contributed by atoms with van der Waals surface area (Å²) in [7, 11) is 0. The molecule has 1 unspecified atom stereocenters. The third-order valence-electron chi connectivity index (χ3n) is 3.21. The lowest BCUT2D eigenvalue weighted by molar-refractivity contribution is -0.139. The Balaban J connectivity index is 2.15.